The SMILES string of the molecule is CC1CCC2C(=O)[C@@]1(C(=O)OC(C)(C)C)CC2(C)C. The number of hydrogen-bond acceptors (Lipinski definition) is 3. The molecule has 3 nitrogen and oxygen atoms in total. The van der Waals surface area contributed by atoms with Gasteiger partial charge in [0, 0.05) is 5.92 Å². The summed E-state index contributed by atoms with van der Waals surface area (Å²) in [6.07, 6.45) is 2.50. The molecule has 3 atom stereocenters. The van der Waals surface area contributed by atoms with E-state index in [0.29, 0.717) is 6.42 Å². The molecule has 2 rings (SSSR count). The highest BCUT2D eigenvalue weighted by Crippen LogP contribution is 2.60. The van der Waals surface area contributed by atoms with Crippen LogP contribution in [0.3, 0.4) is 0 Å². The Labute approximate surface area is 116 Å². The van der Waals surface area contributed by atoms with Crippen molar-refractivity contribution < 1.29 is 14.3 Å². The van der Waals surface area contributed by atoms with Gasteiger partial charge in [-0.05, 0) is 51.4 Å². The van der Waals surface area contributed by atoms with E-state index < -0.39 is 11.0 Å². The van der Waals surface area contributed by atoms with Crippen LogP contribution in [-0.2, 0) is 14.3 Å². The maximum Gasteiger partial charge on any atom is 0.320 e. The van der Waals surface area contributed by atoms with Crippen molar-refractivity contribution in [1.82, 2.24) is 0 Å². The number of ether oxygens (including phenoxy) is 1. The first kappa shape index (κ1) is 14.5. The number of esters is 1. The Balaban J connectivity index is 2.39. The molecule has 0 saturated heterocycles. The van der Waals surface area contributed by atoms with E-state index in [0.717, 1.165) is 12.8 Å². The average molecular weight is 266 g/mol. The van der Waals surface area contributed by atoms with Gasteiger partial charge in [0.15, 0.2) is 5.78 Å². The van der Waals surface area contributed by atoms with Crippen LogP contribution in [0, 0.1) is 22.7 Å². The molecule has 2 fully saturated rings. The normalized spacial score (nSPS) is 37.3. The molecule has 2 aliphatic rings. The molecule has 0 heterocycles. The van der Waals surface area contributed by atoms with Crippen LogP contribution in [0.1, 0.15) is 60.8 Å². The number of rotatable bonds is 1. The second kappa shape index (κ2) is 4.07. The molecule has 0 amide bonds. The van der Waals surface area contributed by atoms with E-state index in [1.54, 1.807) is 0 Å². The lowest BCUT2D eigenvalue weighted by atomic mass is 9.67. The van der Waals surface area contributed by atoms with Crippen molar-refractivity contribution in [2.75, 3.05) is 0 Å². The summed E-state index contributed by atoms with van der Waals surface area (Å²) in [4.78, 5) is 25.4. The lowest BCUT2D eigenvalue weighted by Gasteiger charge is -2.37. The summed E-state index contributed by atoms with van der Waals surface area (Å²) in [5.41, 5.74) is -1.51. The van der Waals surface area contributed by atoms with Crippen LogP contribution in [0.15, 0.2) is 0 Å². The van der Waals surface area contributed by atoms with E-state index in [9.17, 15) is 9.59 Å². The second-order valence-corrected chi connectivity index (χ2v) is 8.03. The van der Waals surface area contributed by atoms with Gasteiger partial charge in [0.1, 0.15) is 11.0 Å². The second-order valence-electron chi connectivity index (χ2n) is 8.03. The molecule has 2 bridgehead atoms. The quantitative estimate of drug-likeness (QED) is 0.540. The zero-order valence-corrected chi connectivity index (χ0v) is 13.0. The molecule has 0 aliphatic heterocycles. The third-order valence-electron chi connectivity index (χ3n) is 4.93. The van der Waals surface area contributed by atoms with Gasteiger partial charge in [-0.3, -0.25) is 9.59 Å². The Hall–Kier alpha value is -0.860. The first-order valence-corrected chi connectivity index (χ1v) is 7.28. The van der Waals surface area contributed by atoms with E-state index >= 15 is 0 Å². The van der Waals surface area contributed by atoms with Gasteiger partial charge >= 0.3 is 5.97 Å². The molecule has 3 heteroatoms. The Morgan fingerprint density at radius 2 is 1.84 bits per heavy atom. The highest BCUT2D eigenvalue weighted by Gasteiger charge is 2.66. The Kier molecular flexibility index (Phi) is 3.11. The molecule has 2 aliphatic carbocycles. The van der Waals surface area contributed by atoms with Crippen LogP contribution in [0.25, 0.3) is 0 Å². The summed E-state index contributed by atoms with van der Waals surface area (Å²) >= 11 is 0. The van der Waals surface area contributed by atoms with E-state index in [4.69, 9.17) is 4.74 Å². The molecule has 0 aromatic heterocycles. The standard InChI is InChI=1S/C16H26O3/c1-10-7-8-11-12(17)16(10,9-15(11,5)6)13(18)19-14(2,3)4/h10-11H,7-9H2,1-6H3/t10?,11?,16-/m1/s1. The molecule has 108 valence electrons. The molecule has 2 saturated carbocycles. The number of Topliss-reactive ketones (excluding diaryl/α,β-unsaturated/α-hetero) is 1. The van der Waals surface area contributed by atoms with Crippen molar-refractivity contribution in [3.05, 3.63) is 0 Å². The molecule has 2 unspecified atom stereocenters. The fourth-order valence-electron chi connectivity index (χ4n) is 3.94. The number of carbonyl (C=O) groups is 2. The predicted octanol–water partition coefficient (Wildman–Crippen LogP) is 3.36. The maximum absolute atomic E-state index is 12.8. The van der Waals surface area contributed by atoms with Gasteiger partial charge in [-0.15, -0.1) is 0 Å². The largest absolute Gasteiger partial charge is 0.459 e. The zero-order chi connectivity index (χ0) is 14.6. The van der Waals surface area contributed by atoms with Crippen LogP contribution in [0.2, 0.25) is 0 Å². The molecule has 0 radical (unpaired) electrons. The predicted molar refractivity (Wildman–Crippen MR) is 73.6 cm³/mol. The van der Waals surface area contributed by atoms with Crippen molar-refractivity contribution in [3.63, 3.8) is 0 Å². The van der Waals surface area contributed by atoms with E-state index in [2.05, 4.69) is 13.8 Å². The number of carbonyl (C=O) groups excluding carboxylic acids is 2. The molecule has 0 aromatic rings. The summed E-state index contributed by atoms with van der Waals surface area (Å²) in [7, 11) is 0. The Bertz CT molecular complexity index is 416. The molecule has 0 aromatic carbocycles. The molecular weight excluding hydrogens is 240 g/mol. The summed E-state index contributed by atoms with van der Waals surface area (Å²) in [5.74, 6) is -0.0534. The van der Waals surface area contributed by atoms with Gasteiger partial charge < -0.3 is 4.74 Å². The summed E-state index contributed by atoms with van der Waals surface area (Å²) < 4.78 is 5.57. The first-order chi connectivity index (χ1) is 8.51. The molecular formula is C16H26O3. The van der Waals surface area contributed by atoms with E-state index in [1.165, 1.54) is 0 Å². The number of hydrogen-bond donors (Lipinski definition) is 0. The van der Waals surface area contributed by atoms with Crippen LogP contribution in [0.5, 0.6) is 0 Å². The lowest BCUT2D eigenvalue weighted by Crippen LogP contribution is -2.48. The van der Waals surface area contributed by atoms with Gasteiger partial charge in [-0.25, -0.2) is 0 Å². The third-order valence-corrected chi connectivity index (χ3v) is 4.93. The number of fused-ring (bicyclic) bond motifs is 2. The van der Waals surface area contributed by atoms with E-state index in [1.807, 2.05) is 27.7 Å². The van der Waals surface area contributed by atoms with Crippen molar-refractivity contribution in [2.24, 2.45) is 22.7 Å². The Morgan fingerprint density at radius 3 is 2.37 bits per heavy atom. The molecule has 19 heavy (non-hydrogen) atoms. The average Bonchev–Trinajstić information content (AvgIpc) is 2.33. The minimum absolute atomic E-state index is 0.0243. The van der Waals surface area contributed by atoms with Gasteiger partial charge in [0.2, 0.25) is 0 Å². The number of ketones is 1. The zero-order valence-electron chi connectivity index (χ0n) is 13.0. The molecule has 0 N–H and O–H groups in total. The first-order valence-electron chi connectivity index (χ1n) is 7.28. The fraction of sp³-hybridized carbons (Fsp3) is 0.875. The summed E-state index contributed by atoms with van der Waals surface area (Å²) in [6, 6.07) is 0. The topological polar surface area (TPSA) is 43.4 Å². The minimum atomic E-state index is -0.889. The third kappa shape index (κ3) is 2.11. The minimum Gasteiger partial charge on any atom is -0.459 e. The van der Waals surface area contributed by atoms with Crippen LogP contribution in [-0.4, -0.2) is 17.4 Å². The van der Waals surface area contributed by atoms with Crippen molar-refractivity contribution in [3.8, 4) is 0 Å². The van der Waals surface area contributed by atoms with Crippen molar-refractivity contribution in [1.29, 1.82) is 0 Å². The Morgan fingerprint density at radius 1 is 1.26 bits per heavy atom. The smallest absolute Gasteiger partial charge is 0.320 e. The van der Waals surface area contributed by atoms with Gasteiger partial charge in [0.05, 0.1) is 0 Å². The van der Waals surface area contributed by atoms with Crippen LogP contribution in [0.4, 0.5) is 0 Å². The monoisotopic (exact) mass is 266 g/mol. The van der Waals surface area contributed by atoms with Crippen molar-refractivity contribution >= 4 is 11.8 Å². The van der Waals surface area contributed by atoms with Crippen LogP contribution < -0.4 is 0 Å². The lowest BCUT2D eigenvalue weighted by molar-refractivity contribution is -0.174. The fourth-order valence-corrected chi connectivity index (χ4v) is 3.94. The van der Waals surface area contributed by atoms with Gasteiger partial charge in [-0.1, -0.05) is 20.8 Å². The highest BCUT2D eigenvalue weighted by atomic mass is 16.6. The van der Waals surface area contributed by atoms with Gasteiger partial charge in [-0.2, -0.15) is 0 Å². The maximum atomic E-state index is 12.8. The van der Waals surface area contributed by atoms with Gasteiger partial charge in [0.25, 0.3) is 0 Å². The van der Waals surface area contributed by atoms with Crippen LogP contribution >= 0.6 is 0 Å². The van der Waals surface area contributed by atoms with E-state index in [-0.39, 0.29) is 29.0 Å². The highest BCUT2D eigenvalue weighted by molar-refractivity contribution is 6.08. The summed E-state index contributed by atoms with van der Waals surface area (Å²) in [6.45, 7) is 11.8. The molecule has 0 spiro atoms. The van der Waals surface area contributed by atoms with Crippen molar-refractivity contribution in [2.45, 2.75) is 66.4 Å². The summed E-state index contributed by atoms with van der Waals surface area (Å²) in [5, 5.41) is 0.